The molecule has 0 saturated carbocycles. The lowest BCUT2D eigenvalue weighted by Crippen LogP contribution is -2.42. The summed E-state index contributed by atoms with van der Waals surface area (Å²) >= 11 is 0. The SMILES string of the molecule is C[C@H]1[C@@H](CO[Si](C)(C)C(C)(C)C)N1Cc1ccccc1. The highest BCUT2D eigenvalue weighted by Gasteiger charge is 2.46. The molecule has 1 fully saturated rings. The van der Waals surface area contributed by atoms with Crippen molar-refractivity contribution >= 4 is 8.32 Å². The molecule has 0 radical (unpaired) electrons. The van der Waals surface area contributed by atoms with Gasteiger partial charge in [0.2, 0.25) is 0 Å². The molecule has 1 unspecified atom stereocenters. The van der Waals surface area contributed by atoms with Crippen LogP contribution in [0.4, 0.5) is 0 Å². The Hall–Kier alpha value is -0.643. The quantitative estimate of drug-likeness (QED) is 0.593. The van der Waals surface area contributed by atoms with Crippen molar-refractivity contribution in [2.24, 2.45) is 0 Å². The average molecular weight is 292 g/mol. The van der Waals surface area contributed by atoms with E-state index in [1.165, 1.54) is 5.56 Å². The number of rotatable bonds is 5. The molecule has 3 heteroatoms. The Kier molecular flexibility index (Phi) is 4.43. The van der Waals surface area contributed by atoms with Gasteiger partial charge in [0, 0.05) is 18.6 Å². The average Bonchev–Trinajstić information content (AvgIpc) is 2.96. The van der Waals surface area contributed by atoms with Gasteiger partial charge < -0.3 is 4.43 Å². The summed E-state index contributed by atoms with van der Waals surface area (Å²) in [6.07, 6.45) is 0. The Balaban J connectivity index is 1.84. The van der Waals surface area contributed by atoms with E-state index >= 15 is 0 Å². The third-order valence-corrected chi connectivity index (χ3v) is 9.55. The first kappa shape index (κ1) is 15.7. The van der Waals surface area contributed by atoms with Crippen LogP contribution in [0.15, 0.2) is 30.3 Å². The number of benzene rings is 1. The molecular formula is C17H29NOSi. The van der Waals surface area contributed by atoms with Gasteiger partial charge in [0.25, 0.3) is 0 Å². The fourth-order valence-electron chi connectivity index (χ4n) is 2.28. The zero-order valence-corrected chi connectivity index (χ0v) is 14.8. The van der Waals surface area contributed by atoms with E-state index in [2.05, 4.69) is 76.0 Å². The van der Waals surface area contributed by atoms with Crippen molar-refractivity contribution in [3.05, 3.63) is 35.9 Å². The van der Waals surface area contributed by atoms with Crippen molar-refractivity contribution in [3.63, 3.8) is 0 Å². The van der Waals surface area contributed by atoms with Gasteiger partial charge in [0.05, 0.1) is 6.61 Å². The van der Waals surface area contributed by atoms with E-state index < -0.39 is 8.32 Å². The van der Waals surface area contributed by atoms with E-state index in [0.717, 1.165) is 13.2 Å². The van der Waals surface area contributed by atoms with Crippen molar-refractivity contribution < 1.29 is 4.43 Å². The van der Waals surface area contributed by atoms with Crippen molar-refractivity contribution in [2.45, 2.75) is 64.5 Å². The van der Waals surface area contributed by atoms with Crippen LogP contribution < -0.4 is 0 Å². The van der Waals surface area contributed by atoms with E-state index in [-0.39, 0.29) is 0 Å². The molecule has 3 atom stereocenters. The maximum Gasteiger partial charge on any atom is 0.192 e. The maximum atomic E-state index is 6.35. The highest BCUT2D eigenvalue weighted by Crippen LogP contribution is 2.38. The standard InChI is InChI=1S/C17H29NOSi/c1-14-16(13-19-20(5,6)17(2,3)4)18(14)12-15-10-8-7-9-11-15/h7-11,14,16H,12-13H2,1-6H3/t14-,16+,18?/m0/s1. The van der Waals surface area contributed by atoms with Crippen molar-refractivity contribution in [3.8, 4) is 0 Å². The molecule has 1 aromatic carbocycles. The molecule has 2 rings (SSSR count). The minimum Gasteiger partial charge on any atom is -0.415 e. The topological polar surface area (TPSA) is 12.2 Å². The molecule has 0 aromatic heterocycles. The molecule has 1 heterocycles. The Morgan fingerprint density at radius 3 is 2.30 bits per heavy atom. The summed E-state index contributed by atoms with van der Waals surface area (Å²) in [5.74, 6) is 0. The lowest BCUT2D eigenvalue weighted by molar-refractivity contribution is 0.268. The van der Waals surface area contributed by atoms with E-state index in [0.29, 0.717) is 17.1 Å². The molecule has 0 N–H and O–H groups in total. The maximum absolute atomic E-state index is 6.35. The van der Waals surface area contributed by atoms with Gasteiger partial charge in [-0.3, -0.25) is 4.90 Å². The first-order valence-electron chi connectivity index (χ1n) is 7.66. The minimum atomic E-state index is -1.61. The van der Waals surface area contributed by atoms with Gasteiger partial charge >= 0.3 is 0 Å². The van der Waals surface area contributed by atoms with Crippen LogP contribution in [0.3, 0.4) is 0 Å². The second-order valence-corrected chi connectivity index (χ2v) is 12.3. The molecule has 0 amide bonds. The molecule has 20 heavy (non-hydrogen) atoms. The Bertz CT molecular complexity index is 438. The molecule has 1 aliphatic heterocycles. The van der Waals surface area contributed by atoms with Crippen LogP contribution in [-0.2, 0) is 11.0 Å². The predicted octanol–water partition coefficient (Wildman–Crippen LogP) is 4.28. The summed E-state index contributed by atoms with van der Waals surface area (Å²) in [6.45, 7) is 15.8. The summed E-state index contributed by atoms with van der Waals surface area (Å²) in [6, 6.07) is 12.0. The molecule has 2 nitrogen and oxygen atoms in total. The summed E-state index contributed by atoms with van der Waals surface area (Å²) in [7, 11) is -1.61. The van der Waals surface area contributed by atoms with Crippen LogP contribution in [0, 0.1) is 0 Å². The largest absolute Gasteiger partial charge is 0.415 e. The zero-order chi connectivity index (χ0) is 15.0. The number of hydrogen-bond acceptors (Lipinski definition) is 2. The van der Waals surface area contributed by atoms with Gasteiger partial charge in [-0.05, 0) is 30.6 Å². The van der Waals surface area contributed by atoms with Crippen LogP contribution in [0.1, 0.15) is 33.3 Å². The summed E-state index contributed by atoms with van der Waals surface area (Å²) in [5, 5.41) is 0.301. The number of nitrogens with zero attached hydrogens (tertiary/aromatic N) is 1. The molecule has 0 bridgehead atoms. The fraction of sp³-hybridized carbons (Fsp3) is 0.647. The van der Waals surface area contributed by atoms with Crippen molar-refractivity contribution in [1.29, 1.82) is 0 Å². The van der Waals surface area contributed by atoms with Crippen molar-refractivity contribution in [1.82, 2.24) is 4.90 Å². The molecule has 1 aliphatic rings. The van der Waals surface area contributed by atoms with Crippen molar-refractivity contribution in [2.75, 3.05) is 6.61 Å². The molecule has 1 aromatic rings. The molecule has 112 valence electrons. The Morgan fingerprint density at radius 1 is 1.15 bits per heavy atom. The Labute approximate surface area is 125 Å². The summed E-state index contributed by atoms with van der Waals surface area (Å²) in [5.41, 5.74) is 1.40. The van der Waals surface area contributed by atoms with Crippen LogP contribution in [0.2, 0.25) is 18.1 Å². The summed E-state index contributed by atoms with van der Waals surface area (Å²) < 4.78 is 6.35. The predicted molar refractivity (Wildman–Crippen MR) is 88.4 cm³/mol. The van der Waals surface area contributed by atoms with Gasteiger partial charge in [-0.1, -0.05) is 51.1 Å². The van der Waals surface area contributed by atoms with Gasteiger partial charge in [-0.15, -0.1) is 0 Å². The lowest BCUT2D eigenvalue weighted by atomic mass is 10.2. The van der Waals surface area contributed by atoms with Crippen LogP contribution >= 0.6 is 0 Å². The third-order valence-electron chi connectivity index (χ3n) is 5.05. The van der Waals surface area contributed by atoms with Gasteiger partial charge in [-0.2, -0.15) is 0 Å². The monoisotopic (exact) mass is 291 g/mol. The molecule has 0 aliphatic carbocycles. The smallest absolute Gasteiger partial charge is 0.192 e. The summed E-state index contributed by atoms with van der Waals surface area (Å²) in [4.78, 5) is 2.53. The number of hydrogen-bond donors (Lipinski definition) is 0. The van der Waals surface area contributed by atoms with Crippen LogP contribution in [0.25, 0.3) is 0 Å². The van der Waals surface area contributed by atoms with Gasteiger partial charge in [0.1, 0.15) is 0 Å². The molecule has 0 spiro atoms. The molecular weight excluding hydrogens is 262 g/mol. The van der Waals surface area contributed by atoms with Crippen LogP contribution in [0.5, 0.6) is 0 Å². The second kappa shape index (κ2) is 5.62. The highest BCUT2D eigenvalue weighted by molar-refractivity contribution is 6.74. The van der Waals surface area contributed by atoms with E-state index in [1.807, 2.05) is 0 Å². The third kappa shape index (κ3) is 3.51. The van der Waals surface area contributed by atoms with E-state index in [9.17, 15) is 0 Å². The first-order valence-corrected chi connectivity index (χ1v) is 10.6. The lowest BCUT2D eigenvalue weighted by Gasteiger charge is -2.36. The minimum absolute atomic E-state index is 0.301. The fourth-order valence-corrected chi connectivity index (χ4v) is 3.30. The highest BCUT2D eigenvalue weighted by atomic mass is 28.4. The normalized spacial score (nSPS) is 26.6. The second-order valence-electron chi connectivity index (χ2n) is 7.54. The zero-order valence-electron chi connectivity index (χ0n) is 13.8. The first-order chi connectivity index (χ1) is 9.22. The van der Waals surface area contributed by atoms with E-state index in [4.69, 9.17) is 4.43 Å². The van der Waals surface area contributed by atoms with Crippen LogP contribution in [-0.4, -0.2) is 31.9 Å². The molecule has 1 saturated heterocycles. The van der Waals surface area contributed by atoms with Gasteiger partial charge in [-0.25, -0.2) is 0 Å². The van der Waals surface area contributed by atoms with Gasteiger partial charge in [0.15, 0.2) is 8.32 Å². The van der Waals surface area contributed by atoms with E-state index in [1.54, 1.807) is 0 Å². The Morgan fingerprint density at radius 2 is 1.75 bits per heavy atom.